The molecule has 0 saturated heterocycles. The molecular formula is C17H17FN6O2S2. The summed E-state index contributed by atoms with van der Waals surface area (Å²) in [6, 6.07) is 5.96. The molecular weight excluding hydrogens is 403 g/mol. The van der Waals surface area contributed by atoms with Gasteiger partial charge in [-0.15, -0.1) is 21.5 Å². The molecule has 8 nitrogen and oxygen atoms in total. The van der Waals surface area contributed by atoms with E-state index in [1.165, 1.54) is 35.2 Å². The van der Waals surface area contributed by atoms with Crippen LogP contribution in [0.2, 0.25) is 0 Å². The topological polar surface area (TPSA) is 102 Å². The number of nitrogens with zero attached hydrogens (tertiary/aromatic N) is 4. The van der Waals surface area contributed by atoms with Crippen molar-refractivity contribution in [2.24, 2.45) is 0 Å². The van der Waals surface area contributed by atoms with Crippen LogP contribution in [0.25, 0.3) is 0 Å². The molecule has 0 aliphatic rings. The summed E-state index contributed by atoms with van der Waals surface area (Å²) in [6.45, 7) is 2.44. The van der Waals surface area contributed by atoms with Gasteiger partial charge in [0, 0.05) is 18.1 Å². The van der Waals surface area contributed by atoms with Crippen molar-refractivity contribution >= 4 is 45.7 Å². The lowest BCUT2D eigenvalue weighted by Crippen LogP contribution is -2.18. The smallest absolute Gasteiger partial charge is 0.234 e. The third kappa shape index (κ3) is 5.14. The van der Waals surface area contributed by atoms with Gasteiger partial charge in [-0.05, 0) is 19.1 Å². The number of thiazole rings is 1. The minimum atomic E-state index is -0.494. The number of para-hydroxylation sites is 1. The molecule has 0 spiro atoms. The SMILES string of the molecule is CCn1c(CC(=O)Nc2nccs2)nnc1SCC(=O)Nc1ccccc1F. The standard InChI is InChI=1S/C17H17FN6O2S2/c1-2-24-13(9-14(25)21-16-19-7-8-27-16)22-23-17(24)28-10-15(26)20-12-6-4-3-5-11(12)18/h3-8H,2,9-10H2,1H3,(H,20,26)(H,19,21,25). The van der Waals surface area contributed by atoms with E-state index in [9.17, 15) is 14.0 Å². The van der Waals surface area contributed by atoms with E-state index in [4.69, 9.17) is 0 Å². The third-order valence-corrected chi connectivity index (χ3v) is 5.24. The van der Waals surface area contributed by atoms with Crippen LogP contribution in [-0.2, 0) is 22.6 Å². The number of aromatic nitrogens is 4. The molecule has 2 N–H and O–H groups in total. The summed E-state index contributed by atoms with van der Waals surface area (Å²) >= 11 is 2.50. The molecule has 0 radical (unpaired) electrons. The van der Waals surface area contributed by atoms with E-state index in [0.717, 1.165) is 0 Å². The summed E-state index contributed by atoms with van der Waals surface area (Å²) in [5.41, 5.74) is 0.129. The Hall–Kier alpha value is -2.79. The number of benzene rings is 1. The third-order valence-electron chi connectivity index (χ3n) is 3.59. The molecule has 0 saturated carbocycles. The first kappa shape index (κ1) is 20.0. The molecule has 0 atom stereocenters. The Labute approximate surface area is 168 Å². The van der Waals surface area contributed by atoms with Crippen molar-refractivity contribution in [3.8, 4) is 0 Å². The minimum Gasteiger partial charge on any atom is -0.323 e. The molecule has 2 heterocycles. The Bertz CT molecular complexity index is 960. The van der Waals surface area contributed by atoms with Crippen molar-refractivity contribution in [3.63, 3.8) is 0 Å². The van der Waals surface area contributed by atoms with Crippen LogP contribution in [0.1, 0.15) is 12.7 Å². The Kier molecular flexibility index (Phi) is 6.71. The number of anilines is 2. The number of amides is 2. The molecule has 2 amide bonds. The summed E-state index contributed by atoms with van der Waals surface area (Å²) in [7, 11) is 0. The molecule has 28 heavy (non-hydrogen) atoms. The van der Waals surface area contributed by atoms with Crippen LogP contribution in [0.4, 0.5) is 15.2 Å². The van der Waals surface area contributed by atoms with Crippen LogP contribution in [0, 0.1) is 5.82 Å². The highest BCUT2D eigenvalue weighted by molar-refractivity contribution is 7.99. The number of thioether (sulfide) groups is 1. The summed E-state index contributed by atoms with van der Waals surface area (Å²) < 4.78 is 15.4. The van der Waals surface area contributed by atoms with Gasteiger partial charge in [-0.3, -0.25) is 9.59 Å². The van der Waals surface area contributed by atoms with Gasteiger partial charge >= 0.3 is 0 Å². The van der Waals surface area contributed by atoms with Crippen molar-refractivity contribution < 1.29 is 14.0 Å². The highest BCUT2D eigenvalue weighted by Crippen LogP contribution is 2.19. The number of rotatable bonds is 8. The number of hydrogen-bond donors (Lipinski definition) is 2. The quantitative estimate of drug-likeness (QED) is 0.544. The van der Waals surface area contributed by atoms with Gasteiger partial charge in [-0.1, -0.05) is 23.9 Å². The maximum absolute atomic E-state index is 13.6. The number of nitrogens with one attached hydrogen (secondary N) is 2. The van der Waals surface area contributed by atoms with Gasteiger partial charge in [0.05, 0.1) is 17.9 Å². The number of carbonyl (C=O) groups is 2. The number of hydrogen-bond acceptors (Lipinski definition) is 7. The maximum atomic E-state index is 13.6. The van der Waals surface area contributed by atoms with Crippen molar-refractivity contribution in [1.82, 2.24) is 19.7 Å². The predicted octanol–water partition coefficient (Wildman–Crippen LogP) is 2.81. The first-order chi connectivity index (χ1) is 13.6. The molecule has 0 aliphatic carbocycles. The van der Waals surface area contributed by atoms with Gasteiger partial charge in [0.25, 0.3) is 0 Å². The Balaban J connectivity index is 1.58. The fourth-order valence-electron chi connectivity index (χ4n) is 2.35. The molecule has 2 aromatic heterocycles. The van der Waals surface area contributed by atoms with Crippen molar-refractivity contribution in [1.29, 1.82) is 0 Å². The van der Waals surface area contributed by atoms with E-state index in [0.29, 0.717) is 22.7 Å². The van der Waals surface area contributed by atoms with Crippen LogP contribution in [0.15, 0.2) is 41.0 Å². The van der Waals surface area contributed by atoms with Gasteiger partial charge in [-0.25, -0.2) is 9.37 Å². The Morgan fingerprint density at radius 2 is 2.04 bits per heavy atom. The zero-order valence-corrected chi connectivity index (χ0v) is 16.5. The summed E-state index contributed by atoms with van der Waals surface area (Å²) in [6.07, 6.45) is 1.65. The van der Waals surface area contributed by atoms with Crippen LogP contribution in [0.3, 0.4) is 0 Å². The van der Waals surface area contributed by atoms with Crippen LogP contribution in [0.5, 0.6) is 0 Å². The zero-order chi connectivity index (χ0) is 19.9. The molecule has 11 heteroatoms. The first-order valence-corrected chi connectivity index (χ1v) is 10.2. The van der Waals surface area contributed by atoms with Crippen LogP contribution >= 0.6 is 23.1 Å². The highest BCUT2D eigenvalue weighted by Gasteiger charge is 2.16. The lowest BCUT2D eigenvalue weighted by Gasteiger charge is -2.08. The fourth-order valence-corrected chi connectivity index (χ4v) is 3.71. The summed E-state index contributed by atoms with van der Waals surface area (Å²) in [4.78, 5) is 28.2. The maximum Gasteiger partial charge on any atom is 0.234 e. The van der Waals surface area contributed by atoms with E-state index in [2.05, 4.69) is 25.8 Å². The average molecular weight is 420 g/mol. The van der Waals surface area contributed by atoms with Crippen molar-refractivity contribution in [3.05, 3.63) is 47.5 Å². The molecule has 1 aromatic carbocycles. The largest absolute Gasteiger partial charge is 0.323 e. The molecule has 0 aliphatic heterocycles. The van der Waals surface area contributed by atoms with Crippen LogP contribution < -0.4 is 10.6 Å². The summed E-state index contributed by atoms with van der Waals surface area (Å²) in [5, 5.41) is 16.1. The number of carbonyl (C=O) groups excluding carboxylic acids is 2. The summed E-state index contributed by atoms with van der Waals surface area (Å²) in [5.74, 6) is -0.563. The van der Waals surface area contributed by atoms with E-state index in [-0.39, 0.29) is 29.7 Å². The molecule has 146 valence electrons. The lowest BCUT2D eigenvalue weighted by atomic mass is 10.3. The molecule has 0 bridgehead atoms. The van der Waals surface area contributed by atoms with Gasteiger partial charge in [0.2, 0.25) is 11.8 Å². The fraction of sp³-hybridized carbons (Fsp3) is 0.235. The van der Waals surface area contributed by atoms with Gasteiger partial charge < -0.3 is 15.2 Å². The van der Waals surface area contributed by atoms with Crippen molar-refractivity contribution in [2.45, 2.75) is 25.0 Å². The number of halogens is 1. The molecule has 0 fully saturated rings. The van der Waals surface area contributed by atoms with Gasteiger partial charge in [0.15, 0.2) is 10.3 Å². The highest BCUT2D eigenvalue weighted by atomic mass is 32.2. The molecule has 3 aromatic rings. The molecule has 0 unspecified atom stereocenters. The Morgan fingerprint density at radius 3 is 2.75 bits per heavy atom. The Morgan fingerprint density at radius 1 is 1.21 bits per heavy atom. The normalized spacial score (nSPS) is 10.6. The predicted molar refractivity (Wildman–Crippen MR) is 106 cm³/mol. The van der Waals surface area contributed by atoms with E-state index in [1.54, 1.807) is 28.3 Å². The molecule has 3 rings (SSSR count). The second-order valence-electron chi connectivity index (χ2n) is 5.52. The van der Waals surface area contributed by atoms with Crippen LogP contribution in [-0.4, -0.2) is 37.3 Å². The minimum absolute atomic E-state index is 0.0395. The van der Waals surface area contributed by atoms with E-state index in [1.807, 2.05) is 6.92 Å². The monoisotopic (exact) mass is 420 g/mol. The van der Waals surface area contributed by atoms with Crippen molar-refractivity contribution in [2.75, 3.05) is 16.4 Å². The van der Waals surface area contributed by atoms with Gasteiger partial charge in [0.1, 0.15) is 11.6 Å². The van der Waals surface area contributed by atoms with E-state index < -0.39 is 5.82 Å². The lowest BCUT2D eigenvalue weighted by molar-refractivity contribution is -0.116. The van der Waals surface area contributed by atoms with Gasteiger partial charge in [-0.2, -0.15) is 0 Å². The zero-order valence-electron chi connectivity index (χ0n) is 14.9. The first-order valence-electron chi connectivity index (χ1n) is 8.35. The second-order valence-corrected chi connectivity index (χ2v) is 7.36. The van der Waals surface area contributed by atoms with E-state index >= 15 is 0 Å². The second kappa shape index (κ2) is 9.42. The average Bonchev–Trinajstić information content (AvgIpc) is 3.31.